The molecule has 2 fully saturated rings. The van der Waals surface area contributed by atoms with Crippen LogP contribution in [0.1, 0.15) is 37.7 Å². The third-order valence-corrected chi connectivity index (χ3v) is 7.40. The number of nitrogens with two attached hydrogens (primary N) is 2. The molecule has 9 nitrogen and oxygen atoms in total. The molecule has 1 aromatic rings. The first-order chi connectivity index (χ1) is 16.3. The van der Waals surface area contributed by atoms with Gasteiger partial charge in [-0.05, 0) is 50.0 Å². The molecule has 3 aliphatic rings. The predicted octanol–water partition coefficient (Wildman–Crippen LogP) is 0.329. The summed E-state index contributed by atoms with van der Waals surface area (Å²) in [6.07, 6.45) is 5.27. The van der Waals surface area contributed by atoms with Crippen molar-refractivity contribution in [1.29, 1.82) is 5.41 Å². The van der Waals surface area contributed by atoms with Crippen LogP contribution in [0, 0.1) is 11.3 Å². The second kappa shape index (κ2) is 10.6. The minimum atomic E-state index is -0.739. The van der Waals surface area contributed by atoms with E-state index < -0.39 is 18.2 Å². The predicted molar refractivity (Wildman–Crippen MR) is 130 cm³/mol. The van der Waals surface area contributed by atoms with Crippen LogP contribution in [0.3, 0.4) is 0 Å². The van der Waals surface area contributed by atoms with Gasteiger partial charge in [-0.2, -0.15) is 0 Å². The van der Waals surface area contributed by atoms with Gasteiger partial charge in [0.25, 0.3) is 0 Å². The van der Waals surface area contributed by atoms with Gasteiger partial charge in [0, 0.05) is 25.7 Å². The summed E-state index contributed by atoms with van der Waals surface area (Å²) in [6, 6.07) is 8.18. The van der Waals surface area contributed by atoms with Crippen LogP contribution < -0.4 is 16.8 Å². The Balaban J connectivity index is 1.40. The van der Waals surface area contributed by atoms with Crippen LogP contribution in [0.4, 0.5) is 0 Å². The molecule has 1 aliphatic carbocycles. The third kappa shape index (κ3) is 5.42. The van der Waals surface area contributed by atoms with Crippen molar-refractivity contribution in [3.63, 3.8) is 0 Å². The molecule has 2 heterocycles. The lowest BCUT2D eigenvalue weighted by atomic mass is 9.83. The normalized spacial score (nSPS) is 27.2. The van der Waals surface area contributed by atoms with E-state index in [1.165, 1.54) is 0 Å². The summed E-state index contributed by atoms with van der Waals surface area (Å²) in [5.41, 5.74) is 14.0. The number of guanidine groups is 1. The van der Waals surface area contributed by atoms with Gasteiger partial charge in [0.05, 0.1) is 12.1 Å². The summed E-state index contributed by atoms with van der Waals surface area (Å²) in [6.45, 7) is 1.69. The van der Waals surface area contributed by atoms with Crippen molar-refractivity contribution in [2.45, 2.75) is 62.8 Å². The zero-order chi connectivity index (χ0) is 24.2. The highest BCUT2D eigenvalue weighted by Crippen LogP contribution is 2.40. The Hall–Kier alpha value is -2.91. The molecule has 0 bridgehead atoms. The first kappa shape index (κ1) is 24.2. The molecule has 1 saturated carbocycles. The van der Waals surface area contributed by atoms with Crippen molar-refractivity contribution >= 4 is 17.8 Å². The van der Waals surface area contributed by atoms with E-state index in [0.717, 1.165) is 17.6 Å². The lowest BCUT2D eigenvalue weighted by molar-refractivity contribution is -0.142. The van der Waals surface area contributed by atoms with Gasteiger partial charge in [0.15, 0.2) is 5.96 Å². The molecule has 9 heteroatoms. The summed E-state index contributed by atoms with van der Waals surface area (Å²) < 4.78 is 0. The maximum Gasteiger partial charge on any atom is 0.242 e. The van der Waals surface area contributed by atoms with Crippen molar-refractivity contribution in [3.8, 4) is 0 Å². The van der Waals surface area contributed by atoms with Gasteiger partial charge >= 0.3 is 0 Å². The lowest BCUT2D eigenvalue weighted by Crippen LogP contribution is -2.55. The third-order valence-electron chi connectivity index (χ3n) is 7.40. The van der Waals surface area contributed by atoms with Crippen molar-refractivity contribution in [2.24, 2.45) is 17.4 Å². The summed E-state index contributed by atoms with van der Waals surface area (Å²) in [5, 5.41) is 20.8. The zero-order valence-electron chi connectivity index (χ0n) is 19.5. The number of nitrogens with zero attached hydrogens (tertiary/aromatic N) is 2. The SMILES string of the molecule is N=C(N)N1CC=C(CCNC(=O)C2CC3CCC(O)CC3N2C(=O)C(N)Cc2ccccc2)C1. The fraction of sp³-hybridized carbons (Fsp3) is 0.560. The van der Waals surface area contributed by atoms with Gasteiger partial charge < -0.3 is 31.7 Å². The number of carbonyl (C=O) groups excluding carboxylic acids is 2. The van der Waals surface area contributed by atoms with E-state index >= 15 is 0 Å². The molecular weight excluding hydrogens is 432 g/mol. The van der Waals surface area contributed by atoms with E-state index in [1.54, 1.807) is 9.80 Å². The van der Waals surface area contributed by atoms with Crippen molar-refractivity contribution in [2.75, 3.05) is 19.6 Å². The van der Waals surface area contributed by atoms with E-state index in [0.29, 0.717) is 51.7 Å². The van der Waals surface area contributed by atoms with Crippen LogP contribution in [-0.4, -0.2) is 76.5 Å². The largest absolute Gasteiger partial charge is 0.393 e. The summed E-state index contributed by atoms with van der Waals surface area (Å²) in [5.74, 6) is -0.131. The molecule has 0 spiro atoms. The number of carbonyl (C=O) groups is 2. The average molecular weight is 469 g/mol. The van der Waals surface area contributed by atoms with E-state index in [9.17, 15) is 14.7 Å². The van der Waals surface area contributed by atoms with E-state index in [-0.39, 0.29) is 29.7 Å². The molecule has 1 aromatic carbocycles. The van der Waals surface area contributed by atoms with E-state index in [1.807, 2.05) is 36.4 Å². The maximum absolute atomic E-state index is 13.5. The fourth-order valence-electron chi connectivity index (χ4n) is 5.57. The van der Waals surface area contributed by atoms with Gasteiger partial charge in [0.2, 0.25) is 11.8 Å². The van der Waals surface area contributed by atoms with Crippen LogP contribution in [0.2, 0.25) is 0 Å². The number of likely N-dealkylation sites (tertiary alicyclic amines) is 1. The minimum Gasteiger partial charge on any atom is -0.393 e. The first-order valence-corrected chi connectivity index (χ1v) is 12.2. The molecule has 184 valence electrons. The van der Waals surface area contributed by atoms with Gasteiger partial charge in [-0.1, -0.05) is 42.0 Å². The van der Waals surface area contributed by atoms with Crippen LogP contribution in [0.5, 0.6) is 0 Å². The average Bonchev–Trinajstić information content (AvgIpc) is 3.44. The second-order valence-corrected chi connectivity index (χ2v) is 9.76. The number of nitrogens with one attached hydrogen (secondary N) is 2. The molecule has 1 saturated heterocycles. The molecule has 0 aromatic heterocycles. The van der Waals surface area contributed by atoms with Crippen molar-refractivity contribution in [1.82, 2.24) is 15.1 Å². The molecular formula is C25H36N6O3. The monoisotopic (exact) mass is 468 g/mol. The van der Waals surface area contributed by atoms with Gasteiger partial charge in [-0.15, -0.1) is 0 Å². The topological polar surface area (TPSA) is 149 Å². The smallest absolute Gasteiger partial charge is 0.242 e. The first-order valence-electron chi connectivity index (χ1n) is 12.2. The second-order valence-electron chi connectivity index (χ2n) is 9.76. The van der Waals surface area contributed by atoms with Crippen molar-refractivity contribution < 1.29 is 14.7 Å². The Morgan fingerprint density at radius 1 is 1.21 bits per heavy atom. The number of benzene rings is 1. The molecule has 5 atom stereocenters. The highest BCUT2D eigenvalue weighted by molar-refractivity contribution is 5.91. The molecule has 5 unspecified atom stereocenters. The zero-order valence-corrected chi connectivity index (χ0v) is 19.5. The molecule has 7 N–H and O–H groups in total. The number of aliphatic hydroxyl groups excluding tert-OH is 1. The summed E-state index contributed by atoms with van der Waals surface area (Å²) in [4.78, 5) is 30.2. The van der Waals surface area contributed by atoms with Crippen LogP contribution in [0.15, 0.2) is 42.0 Å². The minimum absolute atomic E-state index is 0.0482. The molecule has 2 amide bonds. The Kier molecular flexibility index (Phi) is 7.53. The Bertz CT molecular complexity index is 936. The number of hydrogen-bond donors (Lipinski definition) is 5. The Labute approximate surface area is 200 Å². The van der Waals surface area contributed by atoms with Gasteiger partial charge in [0.1, 0.15) is 6.04 Å². The quantitative estimate of drug-likeness (QED) is 0.221. The maximum atomic E-state index is 13.5. The number of fused-ring (bicyclic) bond motifs is 1. The highest BCUT2D eigenvalue weighted by Gasteiger charge is 2.49. The standard InChI is InChI=1S/C25H36N6O3/c26-20(12-16-4-2-1-3-5-16)24(34)31-21-14-19(32)7-6-18(21)13-22(31)23(33)29-10-8-17-9-11-30(15-17)25(27)28/h1-5,9,18-22,32H,6-8,10-15,26H2,(H3,27,28)(H,29,33). The lowest BCUT2D eigenvalue weighted by Gasteiger charge is -2.36. The molecule has 2 aliphatic heterocycles. The molecule has 34 heavy (non-hydrogen) atoms. The van der Waals surface area contributed by atoms with Gasteiger partial charge in [-0.3, -0.25) is 15.0 Å². The Morgan fingerprint density at radius 2 is 1.97 bits per heavy atom. The molecule has 4 rings (SSSR count). The molecule has 0 radical (unpaired) electrons. The van der Waals surface area contributed by atoms with Gasteiger partial charge in [-0.25, -0.2) is 0 Å². The van der Waals surface area contributed by atoms with Crippen molar-refractivity contribution in [3.05, 3.63) is 47.5 Å². The Morgan fingerprint density at radius 3 is 2.68 bits per heavy atom. The summed E-state index contributed by atoms with van der Waals surface area (Å²) >= 11 is 0. The van der Waals surface area contributed by atoms with Crippen LogP contribution >= 0.6 is 0 Å². The number of aliphatic hydroxyl groups is 1. The number of rotatable bonds is 7. The fourth-order valence-corrected chi connectivity index (χ4v) is 5.57. The number of hydrogen-bond acceptors (Lipinski definition) is 5. The van der Waals surface area contributed by atoms with E-state index in [4.69, 9.17) is 16.9 Å². The summed E-state index contributed by atoms with van der Waals surface area (Å²) in [7, 11) is 0. The highest BCUT2D eigenvalue weighted by atomic mass is 16.3. The van der Waals surface area contributed by atoms with Crippen LogP contribution in [0.25, 0.3) is 0 Å². The number of amides is 2. The van der Waals surface area contributed by atoms with E-state index in [2.05, 4.69) is 5.32 Å². The van der Waals surface area contributed by atoms with Crippen LogP contribution in [-0.2, 0) is 16.0 Å².